The molecule has 0 fully saturated rings. The molecule has 0 N–H and O–H groups in total. The molecule has 1 unspecified atom stereocenters. The maximum atomic E-state index is 13.0. The first-order valence-corrected chi connectivity index (χ1v) is 7.83. The summed E-state index contributed by atoms with van der Waals surface area (Å²) in [4.78, 5) is 25.3. The van der Waals surface area contributed by atoms with Crippen molar-refractivity contribution in [2.24, 2.45) is 0 Å². The molecule has 0 radical (unpaired) electrons. The van der Waals surface area contributed by atoms with E-state index in [4.69, 9.17) is 9.47 Å². The zero-order valence-corrected chi connectivity index (χ0v) is 14.7. The van der Waals surface area contributed by atoms with Gasteiger partial charge >= 0.3 is 12.3 Å². The van der Waals surface area contributed by atoms with E-state index in [1.807, 2.05) is 0 Å². The van der Waals surface area contributed by atoms with Gasteiger partial charge in [0.2, 0.25) is 5.88 Å². The number of alkyl halides is 3. The van der Waals surface area contributed by atoms with Crippen molar-refractivity contribution < 1.29 is 37.1 Å². The van der Waals surface area contributed by atoms with Gasteiger partial charge in [-0.25, -0.2) is 9.78 Å². The number of rotatable bonds is 6. The second-order valence-corrected chi connectivity index (χ2v) is 5.63. The summed E-state index contributed by atoms with van der Waals surface area (Å²) >= 11 is 0. The third-order valence-corrected chi connectivity index (χ3v) is 3.48. The van der Waals surface area contributed by atoms with Crippen LogP contribution < -0.4 is 9.47 Å². The van der Waals surface area contributed by atoms with Crippen LogP contribution in [-0.4, -0.2) is 29.3 Å². The SMILES string of the molecule is COc1ncc(CC(C)OC(=O)Oc2ccc([N+](=O)[O-])cc2)cc1C(F)(F)F. The van der Waals surface area contributed by atoms with Crippen molar-refractivity contribution in [1.29, 1.82) is 0 Å². The molecule has 0 aliphatic heterocycles. The minimum absolute atomic E-state index is 0.0215. The fourth-order valence-electron chi connectivity index (χ4n) is 2.27. The number of non-ortho nitro benzene ring substituents is 1. The van der Waals surface area contributed by atoms with Gasteiger partial charge in [0.1, 0.15) is 17.4 Å². The van der Waals surface area contributed by atoms with E-state index in [9.17, 15) is 28.1 Å². The number of carbonyl (C=O) groups excluding carboxylic acids is 1. The molecule has 11 heteroatoms. The molecular formula is C17H15F3N2O6. The van der Waals surface area contributed by atoms with Crippen molar-refractivity contribution >= 4 is 11.8 Å². The Hall–Kier alpha value is -3.37. The summed E-state index contributed by atoms with van der Waals surface area (Å²) in [5.74, 6) is -0.532. The Morgan fingerprint density at radius 2 is 1.93 bits per heavy atom. The van der Waals surface area contributed by atoms with Gasteiger partial charge < -0.3 is 14.2 Å². The summed E-state index contributed by atoms with van der Waals surface area (Å²) in [6.45, 7) is 1.47. The van der Waals surface area contributed by atoms with Gasteiger partial charge in [0.25, 0.3) is 5.69 Å². The van der Waals surface area contributed by atoms with Crippen LogP contribution in [0.2, 0.25) is 0 Å². The highest BCUT2D eigenvalue weighted by Crippen LogP contribution is 2.35. The van der Waals surface area contributed by atoms with Gasteiger partial charge in [0.05, 0.1) is 12.0 Å². The van der Waals surface area contributed by atoms with Crippen molar-refractivity contribution in [3.63, 3.8) is 0 Å². The molecule has 2 aromatic rings. The monoisotopic (exact) mass is 400 g/mol. The zero-order valence-electron chi connectivity index (χ0n) is 14.7. The fraction of sp³-hybridized carbons (Fsp3) is 0.294. The predicted octanol–water partition coefficient (Wildman–Crippen LogP) is 4.16. The molecule has 2 rings (SSSR count). The van der Waals surface area contributed by atoms with Gasteiger partial charge in [-0.2, -0.15) is 13.2 Å². The van der Waals surface area contributed by atoms with E-state index >= 15 is 0 Å². The van der Waals surface area contributed by atoms with Gasteiger partial charge in [0, 0.05) is 24.8 Å². The third-order valence-electron chi connectivity index (χ3n) is 3.48. The first-order chi connectivity index (χ1) is 13.1. The summed E-state index contributed by atoms with van der Waals surface area (Å²) in [6.07, 6.45) is -5.42. The van der Waals surface area contributed by atoms with Gasteiger partial charge in [-0.05, 0) is 30.7 Å². The van der Waals surface area contributed by atoms with Crippen LogP contribution in [-0.2, 0) is 17.3 Å². The van der Waals surface area contributed by atoms with E-state index < -0.39 is 34.8 Å². The number of hydrogen-bond donors (Lipinski definition) is 0. The fourth-order valence-corrected chi connectivity index (χ4v) is 2.27. The summed E-state index contributed by atoms with van der Waals surface area (Å²) < 4.78 is 53.5. The smallest absolute Gasteiger partial charge is 0.481 e. The molecule has 0 aliphatic carbocycles. The lowest BCUT2D eigenvalue weighted by molar-refractivity contribution is -0.384. The van der Waals surface area contributed by atoms with Crippen LogP contribution in [0.4, 0.5) is 23.7 Å². The van der Waals surface area contributed by atoms with E-state index in [1.54, 1.807) is 0 Å². The van der Waals surface area contributed by atoms with Gasteiger partial charge in [-0.3, -0.25) is 10.1 Å². The molecule has 0 saturated carbocycles. The number of methoxy groups -OCH3 is 1. The summed E-state index contributed by atoms with van der Waals surface area (Å²) in [6, 6.07) is 5.59. The van der Waals surface area contributed by atoms with Crippen molar-refractivity contribution in [2.75, 3.05) is 7.11 Å². The lowest BCUT2D eigenvalue weighted by Gasteiger charge is -2.15. The second-order valence-electron chi connectivity index (χ2n) is 5.63. The minimum atomic E-state index is -4.65. The molecule has 0 saturated heterocycles. The average molecular weight is 400 g/mol. The Balaban J connectivity index is 1.98. The van der Waals surface area contributed by atoms with Crippen LogP contribution in [0.3, 0.4) is 0 Å². The number of benzene rings is 1. The van der Waals surface area contributed by atoms with E-state index in [0.29, 0.717) is 0 Å². The second kappa shape index (κ2) is 8.55. The first-order valence-electron chi connectivity index (χ1n) is 7.83. The Bertz CT molecular complexity index is 855. The molecule has 150 valence electrons. The number of hydrogen-bond acceptors (Lipinski definition) is 7. The molecule has 1 heterocycles. The maximum absolute atomic E-state index is 13.0. The molecule has 1 aromatic heterocycles. The summed E-state index contributed by atoms with van der Waals surface area (Å²) in [5.41, 5.74) is -1.03. The lowest BCUT2D eigenvalue weighted by atomic mass is 10.1. The lowest BCUT2D eigenvalue weighted by Crippen LogP contribution is -2.20. The highest BCUT2D eigenvalue weighted by molar-refractivity contribution is 5.64. The highest BCUT2D eigenvalue weighted by Gasteiger charge is 2.35. The minimum Gasteiger partial charge on any atom is -0.481 e. The van der Waals surface area contributed by atoms with Crippen LogP contribution >= 0.6 is 0 Å². The number of nitrogens with zero attached hydrogens (tertiary/aromatic N) is 2. The van der Waals surface area contributed by atoms with E-state index in [1.165, 1.54) is 25.3 Å². The molecule has 8 nitrogen and oxygen atoms in total. The normalized spacial score (nSPS) is 12.2. The molecule has 1 atom stereocenters. The van der Waals surface area contributed by atoms with Gasteiger partial charge in [-0.15, -0.1) is 0 Å². The molecular weight excluding hydrogens is 385 g/mol. The third kappa shape index (κ3) is 5.56. The number of nitro benzene ring substituents is 1. The van der Waals surface area contributed by atoms with Gasteiger partial charge in [0.15, 0.2) is 0 Å². The Morgan fingerprint density at radius 1 is 1.29 bits per heavy atom. The van der Waals surface area contributed by atoms with E-state index in [0.717, 1.165) is 25.3 Å². The number of aromatic nitrogens is 1. The first kappa shape index (κ1) is 20.9. The highest BCUT2D eigenvalue weighted by atomic mass is 19.4. The van der Waals surface area contributed by atoms with Crippen LogP contribution in [0.15, 0.2) is 36.5 Å². The van der Waals surface area contributed by atoms with Crippen LogP contribution in [0.1, 0.15) is 18.1 Å². The zero-order chi connectivity index (χ0) is 20.9. The topological polar surface area (TPSA) is 101 Å². The van der Waals surface area contributed by atoms with Gasteiger partial charge in [-0.1, -0.05) is 0 Å². The largest absolute Gasteiger partial charge is 0.514 e. The standard InChI is InChI=1S/C17H15F3N2O6/c1-10(7-11-8-14(17(18,19)20)15(26-2)21-9-11)27-16(23)28-13-5-3-12(4-6-13)22(24)25/h3-6,8-10H,7H2,1-2H3. The molecule has 0 bridgehead atoms. The number of carbonyl (C=O) groups is 1. The van der Waals surface area contributed by atoms with Crippen molar-refractivity contribution in [2.45, 2.75) is 25.6 Å². The average Bonchev–Trinajstić information content (AvgIpc) is 2.61. The molecule has 0 amide bonds. The Morgan fingerprint density at radius 3 is 2.46 bits per heavy atom. The van der Waals surface area contributed by atoms with Crippen LogP contribution in [0.5, 0.6) is 11.6 Å². The maximum Gasteiger partial charge on any atom is 0.514 e. The Kier molecular flexibility index (Phi) is 6.39. The number of ether oxygens (including phenoxy) is 3. The van der Waals surface area contributed by atoms with Crippen molar-refractivity contribution in [1.82, 2.24) is 4.98 Å². The molecule has 1 aromatic carbocycles. The van der Waals surface area contributed by atoms with Crippen molar-refractivity contribution in [3.05, 3.63) is 57.8 Å². The summed E-state index contributed by atoms with van der Waals surface area (Å²) in [5, 5.41) is 10.6. The molecule has 0 aliphatic rings. The predicted molar refractivity (Wildman–Crippen MR) is 89.2 cm³/mol. The van der Waals surface area contributed by atoms with Crippen molar-refractivity contribution in [3.8, 4) is 11.6 Å². The number of halogens is 3. The summed E-state index contributed by atoms with van der Waals surface area (Å²) in [7, 11) is 1.08. The molecule has 28 heavy (non-hydrogen) atoms. The molecule has 0 spiro atoms. The van der Waals surface area contributed by atoms with Crippen LogP contribution in [0, 0.1) is 10.1 Å². The quantitative estimate of drug-likeness (QED) is 0.310. The number of pyridine rings is 1. The number of nitro groups is 1. The van der Waals surface area contributed by atoms with E-state index in [-0.39, 0.29) is 23.4 Å². The van der Waals surface area contributed by atoms with Crippen LogP contribution in [0.25, 0.3) is 0 Å². The van der Waals surface area contributed by atoms with E-state index in [2.05, 4.69) is 9.72 Å². The Labute approximate surface area is 157 Å².